The fourth-order valence-electron chi connectivity index (χ4n) is 2.59. The Morgan fingerprint density at radius 3 is 2.25 bits per heavy atom. The van der Waals surface area contributed by atoms with E-state index >= 15 is 0 Å². The Morgan fingerprint density at radius 1 is 1.15 bits per heavy atom. The van der Waals surface area contributed by atoms with E-state index in [1.165, 1.54) is 0 Å². The Balaban J connectivity index is 2.32. The van der Waals surface area contributed by atoms with Gasteiger partial charge < -0.3 is 5.73 Å². The zero-order valence-corrected chi connectivity index (χ0v) is 11.9. The molecule has 0 bridgehead atoms. The molecule has 1 atom stereocenters. The van der Waals surface area contributed by atoms with Gasteiger partial charge in [0.25, 0.3) is 0 Å². The minimum Gasteiger partial charge on any atom is -0.329 e. The van der Waals surface area contributed by atoms with Crippen LogP contribution in [0.25, 0.3) is 0 Å². The van der Waals surface area contributed by atoms with Gasteiger partial charge in [-0.3, -0.25) is 4.90 Å². The smallest absolute Gasteiger partial charge is 0.161 e. The normalized spacial score (nSPS) is 17.0. The molecule has 112 valence electrons. The maximum absolute atomic E-state index is 14.0. The molecule has 1 unspecified atom stereocenters. The van der Waals surface area contributed by atoms with Crippen LogP contribution in [0.15, 0.2) is 12.1 Å². The molecule has 0 spiro atoms. The molecule has 0 aromatic heterocycles. The Bertz CT molecular complexity index is 472. The molecule has 0 amide bonds. The van der Waals surface area contributed by atoms with E-state index in [1.807, 2.05) is 0 Å². The van der Waals surface area contributed by atoms with Gasteiger partial charge in [-0.1, -0.05) is 13.8 Å². The van der Waals surface area contributed by atoms with Crippen molar-refractivity contribution >= 4 is 0 Å². The molecule has 0 aliphatic heterocycles. The van der Waals surface area contributed by atoms with Crippen LogP contribution in [0.3, 0.4) is 0 Å². The van der Waals surface area contributed by atoms with Crippen molar-refractivity contribution in [2.24, 2.45) is 11.7 Å². The van der Waals surface area contributed by atoms with E-state index in [2.05, 4.69) is 18.7 Å². The average Bonchev–Trinajstić information content (AvgIpc) is 3.18. The summed E-state index contributed by atoms with van der Waals surface area (Å²) in [5, 5.41) is 0. The fraction of sp³-hybridized carbons (Fsp3) is 0.600. The molecule has 0 radical (unpaired) electrons. The van der Waals surface area contributed by atoms with Gasteiger partial charge in [0.05, 0.1) is 6.04 Å². The number of hydrogen-bond donors (Lipinski definition) is 1. The van der Waals surface area contributed by atoms with Crippen LogP contribution >= 0.6 is 0 Å². The van der Waals surface area contributed by atoms with E-state index in [0.29, 0.717) is 18.0 Å². The minimum absolute atomic E-state index is 0.152. The third-order valence-corrected chi connectivity index (χ3v) is 3.61. The molecule has 1 aliphatic carbocycles. The summed E-state index contributed by atoms with van der Waals surface area (Å²) in [5.74, 6) is -2.52. The molecule has 0 heterocycles. The SMILES string of the molecule is CC(C)CN(C1CC1)C(CN)c1cc(F)c(F)cc1F. The number of rotatable bonds is 6. The predicted octanol–water partition coefficient (Wildman–Crippen LogP) is 3.22. The summed E-state index contributed by atoms with van der Waals surface area (Å²) >= 11 is 0. The molecule has 5 heteroatoms. The van der Waals surface area contributed by atoms with E-state index in [9.17, 15) is 13.2 Å². The standard InChI is InChI=1S/C15H21F3N2/c1-9(2)8-20(10-3-4-10)15(7-19)11-5-13(17)14(18)6-12(11)16/h5-6,9-10,15H,3-4,7-8,19H2,1-2H3. The summed E-state index contributed by atoms with van der Waals surface area (Å²) in [6.07, 6.45) is 2.10. The molecular formula is C15H21F3N2. The van der Waals surface area contributed by atoms with Gasteiger partial charge in [0.15, 0.2) is 11.6 Å². The lowest BCUT2D eigenvalue weighted by Crippen LogP contribution is -2.38. The third-order valence-electron chi connectivity index (χ3n) is 3.61. The molecule has 2 N–H and O–H groups in total. The van der Waals surface area contributed by atoms with Gasteiger partial charge >= 0.3 is 0 Å². The maximum Gasteiger partial charge on any atom is 0.161 e. The minimum atomic E-state index is -1.16. The van der Waals surface area contributed by atoms with Crippen LogP contribution in [0.5, 0.6) is 0 Å². The average molecular weight is 286 g/mol. The van der Waals surface area contributed by atoms with Gasteiger partial charge in [0.1, 0.15) is 5.82 Å². The van der Waals surface area contributed by atoms with Crippen molar-refractivity contribution in [3.8, 4) is 0 Å². The highest BCUT2D eigenvalue weighted by atomic mass is 19.2. The van der Waals surface area contributed by atoms with Gasteiger partial charge in [-0.25, -0.2) is 13.2 Å². The topological polar surface area (TPSA) is 29.3 Å². The number of hydrogen-bond acceptors (Lipinski definition) is 2. The van der Waals surface area contributed by atoms with Gasteiger partial charge in [0, 0.05) is 30.8 Å². The van der Waals surface area contributed by atoms with Crippen molar-refractivity contribution < 1.29 is 13.2 Å². The number of nitrogens with two attached hydrogens (primary N) is 1. The summed E-state index contributed by atoms with van der Waals surface area (Å²) in [5.41, 5.74) is 5.93. The fourth-order valence-corrected chi connectivity index (χ4v) is 2.59. The lowest BCUT2D eigenvalue weighted by Gasteiger charge is -2.33. The molecule has 1 aliphatic rings. The lowest BCUT2D eigenvalue weighted by molar-refractivity contribution is 0.166. The van der Waals surface area contributed by atoms with Gasteiger partial charge in [0.2, 0.25) is 0 Å². The van der Waals surface area contributed by atoms with E-state index in [0.717, 1.165) is 25.5 Å². The second-order valence-corrected chi connectivity index (χ2v) is 5.86. The first-order valence-corrected chi connectivity index (χ1v) is 7.04. The number of halogens is 3. The number of benzene rings is 1. The van der Waals surface area contributed by atoms with Crippen molar-refractivity contribution in [1.82, 2.24) is 4.90 Å². The van der Waals surface area contributed by atoms with Crippen LogP contribution in [0.4, 0.5) is 13.2 Å². The first-order chi connectivity index (χ1) is 9.43. The third kappa shape index (κ3) is 3.33. The molecule has 1 aromatic carbocycles. The van der Waals surface area contributed by atoms with Crippen LogP contribution in [0.1, 0.15) is 38.3 Å². The summed E-state index contributed by atoms with van der Waals surface area (Å²) in [6.45, 7) is 5.10. The van der Waals surface area contributed by atoms with Crippen LogP contribution in [0, 0.1) is 23.4 Å². The Kier molecular flexibility index (Phi) is 4.70. The van der Waals surface area contributed by atoms with Gasteiger partial charge in [-0.2, -0.15) is 0 Å². The Hall–Kier alpha value is -1.07. The molecule has 1 saturated carbocycles. The monoisotopic (exact) mass is 286 g/mol. The van der Waals surface area contributed by atoms with Gasteiger partial charge in [-0.05, 0) is 24.8 Å². The van der Waals surface area contributed by atoms with Crippen molar-refractivity contribution in [2.45, 2.75) is 38.8 Å². The predicted molar refractivity (Wildman–Crippen MR) is 72.7 cm³/mol. The van der Waals surface area contributed by atoms with Gasteiger partial charge in [-0.15, -0.1) is 0 Å². The van der Waals surface area contributed by atoms with E-state index in [1.54, 1.807) is 0 Å². The van der Waals surface area contributed by atoms with Crippen LogP contribution < -0.4 is 5.73 Å². The first-order valence-electron chi connectivity index (χ1n) is 7.04. The molecule has 1 fully saturated rings. The lowest BCUT2D eigenvalue weighted by atomic mass is 10.0. The second-order valence-electron chi connectivity index (χ2n) is 5.86. The van der Waals surface area contributed by atoms with Crippen molar-refractivity contribution in [2.75, 3.05) is 13.1 Å². The second kappa shape index (κ2) is 6.14. The number of nitrogens with zero attached hydrogens (tertiary/aromatic N) is 1. The zero-order valence-electron chi connectivity index (χ0n) is 11.9. The molecular weight excluding hydrogens is 265 g/mol. The largest absolute Gasteiger partial charge is 0.329 e. The highest BCUT2D eigenvalue weighted by Gasteiger charge is 2.35. The Morgan fingerprint density at radius 2 is 1.75 bits per heavy atom. The Labute approximate surface area is 117 Å². The molecule has 0 saturated heterocycles. The first kappa shape index (κ1) is 15.3. The molecule has 1 aromatic rings. The van der Waals surface area contributed by atoms with Crippen LogP contribution in [-0.2, 0) is 0 Å². The van der Waals surface area contributed by atoms with Crippen molar-refractivity contribution in [3.63, 3.8) is 0 Å². The highest BCUT2D eigenvalue weighted by molar-refractivity contribution is 5.24. The quantitative estimate of drug-likeness (QED) is 0.814. The zero-order chi connectivity index (χ0) is 14.9. The van der Waals surface area contributed by atoms with Crippen molar-refractivity contribution in [3.05, 3.63) is 35.1 Å². The summed E-state index contributed by atoms with van der Waals surface area (Å²) in [4.78, 5) is 2.13. The van der Waals surface area contributed by atoms with E-state index in [4.69, 9.17) is 5.73 Å². The van der Waals surface area contributed by atoms with Crippen LogP contribution in [-0.4, -0.2) is 24.0 Å². The molecule has 2 nitrogen and oxygen atoms in total. The summed E-state index contributed by atoms with van der Waals surface area (Å²) < 4.78 is 40.4. The molecule has 20 heavy (non-hydrogen) atoms. The maximum atomic E-state index is 14.0. The summed E-state index contributed by atoms with van der Waals surface area (Å²) in [6, 6.07) is 1.52. The summed E-state index contributed by atoms with van der Waals surface area (Å²) in [7, 11) is 0. The highest BCUT2D eigenvalue weighted by Crippen LogP contribution is 2.35. The van der Waals surface area contributed by atoms with Crippen LogP contribution in [0.2, 0.25) is 0 Å². The van der Waals surface area contributed by atoms with E-state index < -0.39 is 23.5 Å². The van der Waals surface area contributed by atoms with Crippen molar-refractivity contribution in [1.29, 1.82) is 0 Å². The molecule has 2 rings (SSSR count). The van der Waals surface area contributed by atoms with E-state index in [-0.39, 0.29) is 12.1 Å².